The summed E-state index contributed by atoms with van der Waals surface area (Å²) in [6, 6.07) is 6.63. The van der Waals surface area contributed by atoms with Gasteiger partial charge >= 0.3 is 5.97 Å². The normalized spacial score (nSPS) is 10.8. The van der Waals surface area contributed by atoms with E-state index in [0.29, 0.717) is 0 Å². The van der Waals surface area contributed by atoms with Crippen molar-refractivity contribution in [3.05, 3.63) is 41.5 Å². The predicted octanol–water partition coefficient (Wildman–Crippen LogP) is 2.16. The second-order valence-electron chi connectivity index (χ2n) is 3.47. The van der Waals surface area contributed by atoms with E-state index in [4.69, 9.17) is 5.11 Å². The Morgan fingerprint density at radius 1 is 1.29 bits per heavy atom. The summed E-state index contributed by atoms with van der Waals surface area (Å²) in [6.45, 7) is 0. The van der Waals surface area contributed by atoms with E-state index in [9.17, 15) is 4.79 Å². The van der Waals surface area contributed by atoms with Crippen LogP contribution in [0.4, 0.5) is 0 Å². The maximum absolute atomic E-state index is 10.7. The van der Waals surface area contributed by atoms with Gasteiger partial charge in [0, 0.05) is 5.56 Å². The lowest BCUT2D eigenvalue weighted by molar-refractivity contribution is 0.0697. The van der Waals surface area contributed by atoms with E-state index < -0.39 is 5.97 Å². The van der Waals surface area contributed by atoms with Crippen molar-refractivity contribution >= 4 is 22.3 Å². The molecule has 0 amide bonds. The number of fused-ring (bicyclic) bond motifs is 1. The van der Waals surface area contributed by atoms with Gasteiger partial charge in [-0.2, -0.15) is 5.10 Å². The predicted molar refractivity (Wildman–Crippen MR) is 63.3 cm³/mol. The van der Waals surface area contributed by atoms with Crippen molar-refractivity contribution < 1.29 is 9.90 Å². The molecule has 3 aromatic rings. The van der Waals surface area contributed by atoms with Crippen molar-refractivity contribution in [2.24, 2.45) is 0 Å². The molecule has 0 aliphatic carbocycles. The fourth-order valence-electron chi connectivity index (χ4n) is 1.56. The van der Waals surface area contributed by atoms with E-state index in [1.165, 1.54) is 11.3 Å². The Morgan fingerprint density at radius 2 is 2.06 bits per heavy atom. The molecule has 0 aliphatic heterocycles. The van der Waals surface area contributed by atoms with Gasteiger partial charge in [-0.3, -0.25) is 0 Å². The Morgan fingerprint density at radius 3 is 2.71 bits per heavy atom. The Kier molecular flexibility index (Phi) is 2.15. The number of nitrogens with zero attached hydrogens (tertiary/aromatic N) is 3. The molecule has 0 radical (unpaired) electrons. The SMILES string of the molecule is O=C(O)c1ccc(-c2cn3ncsc3n2)cc1. The van der Waals surface area contributed by atoms with Crippen LogP contribution in [0.3, 0.4) is 0 Å². The molecular formula is C11H7N3O2S. The molecule has 1 aromatic carbocycles. The van der Waals surface area contributed by atoms with Crippen LogP contribution in [-0.2, 0) is 0 Å². The van der Waals surface area contributed by atoms with E-state index in [2.05, 4.69) is 10.1 Å². The maximum Gasteiger partial charge on any atom is 0.335 e. The molecule has 0 bridgehead atoms. The van der Waals surface area contributed by atoms with E-state index in [1.54, 1.807) is 34.3 Å². The Labute approximate surface area is 100.0 Å². The number of carbonyl (C=O) groups is 1. The van der Waals surface area contributed by atoms with Crippen LogP contribution in [0.5, 0.6) is 0 Å². The smallest absolute Gasteiger partial charge is 0.335 e. The average Bonchev–Trinajstić information content (AvgIpc) is 2.89. The standard InChI is InChI=1S/C11H7N3O2S/c15-10(16)8-3-1-7(2-4-8)9-5-14-11(13-9)17-6-12-14/h1-6H,(H,15,16). The minimum atomic E-state index is -0.927. The molecule has 6 heteroatoms. The van der Waals surface area contributed by atoms with E-state index in [-0.39, 0.29) is 5.56 Å². The summed E-state index contributed by atoms with van der Waals surface area (Å²) in [7, 11) is 0. The fraction of sp³-hybridized carbons (Fsp3) is 0. The lowest BCUT2D eigenvalue weighted by Gasteiger charge is -1.97. The fourth-order valence-corrected chi connectivity index (χ4v) is 2.16. The third-order valence-corrected chi connectivity index (χ3v) is 3.10. The zero-order valence-corrected chi connectivity index (χ0v) is 9.39. The highest BCUT2D eigenvalue weighted by Crippen LogP contribution is 2.20. The largest absolute Gasteiger partial charge is 0.478 e. The Hall–Kier alpha value is -2.21. The second kappa shape index (κ2) is 3.67. The van der Waals surface area contributed by atoms with Gasteiger partial charge in [-0.05, 0) is 12.1 Å². The lowest BCUT2D eigenvalue weighted by atomic mass is 10.1. The third-order valence-electron chi connectivity index (χ3n) is 2.41. The summed E-state index contributed by atoms with van der Waals surface area (Å²) in [6.07, 6.45) is 1.82. The molecule has 0 spiro atoms. The first kappa shape index (κ1) is 9.98. The van der Waals surface area contributed by atoms with Gasteiger partial charge in [0.05, 0.1) is 17.5 Å². The van der Waals surface area contributed by atoms with Gasteiger partial charge in [0.1, 0.15) is 5.51 Å². The first-order chi connectivity index (χ1) is 8.24. The summed E-state index contributed by atoms with van der Waals surface area (Å²) >= 11 is 1.46. The molecule has 0 atom stereocenters. The van der Waals surface area contributed by atoms with Gasteiger partial charge in [-0.15, -0.1) is 0 Å². The molecular weight excluding hydrogens is 238 g/mol. The molecule has 2 aromatic heterocycles. The molecule has 2 heterocycles. The van der Waals surface area contributed by atoms with Crippen LogP contribution in [0.2, 0.25) is 0 Å². The minimum Gasteiger partial charge on any atom is -0.478 e. The van der Waals surface area contributed by atoms with Crippen LogP contribution in [0, 0.1) is 0 Å². The molecule has 0 fully saturated rings. The summed E-state index contributed by atoms with van der Waals surface area (Å²) in [5, 5.41) is 12.9. The van der Waals surface area contributed by atoms with Crippen LogP contribution in [0.1, 0.15) is 10.4 Å². The van der Waals surface area contributed by atoms with Gasteiger partial charge in [0.15, 0.2) is 0 Å². The minimum absolute atomic E-state index is 0.271. The summed E-state index contributed by atoms with van der Waals surface area (Å²) in [5.41, 5.74) is 3.67. The van der Waals surface area contributed by atoms with Crippen molar-refractivity contribution in [3.63, 3.8) is 0 Å². The third kappa shape index (κ3) is 1.68. The van der Waals surface area contributed by atoms with Crippen LogP contribution in [-0.4, -0.2) is 25.7 Å². The number of aromatic nitrogens is 3. The number of carboxylic acids is 1. The molecule has 0 saturated heterocycles. The Balaban J connectivity index is 2.03. The highest BCUT2D eigenvalue weighted by molar-refractivity contribution is 7.14. The molecule has 0 unspecified atom stereocenters. The molecule has 0 saturated carbocycles. The van der Waals surface area contributed by atoms with Crippen LogP contribution < -0.4 is 0 Å². The zero-order valence-electron chi connectivity index (χ0n) is 8.57. The number of rotatable bonds is 2. The zero-order chi connectivity index (χ0) is 11.8. The molecule has 0 aliphatic rings. The second-order valence-corrected chi connectivity index (χ2v) is 4.29. The number of hydrogen-bond donors (Lipinski definition) is 1. The monoisotopic (exact) mass is 245 g/mol. The van der Waals surface area contributed by atoms with Crippen LogP contribution >= 0.6 is 11.3 Å². The quantitative estimate of drug-likeness (QED) is 0.751. The number of benzene rings is 1. The molecule has 17 heavy (non-hydrogen) atoms. The maximum atomic E-state index is 10.7. The summed E-state index contributed by atoms with van der Waals surface area (Å²) in [4.78, 5) is 15.9. The highest BCUT2D eigenvalue weighted by atomic mass is 32.1. The lowest BCUT2D eigenvalue weighted by Crippen LogP contribution is -1.94. The summed E-state index contributed by atoms with van der Waals surface area (Å²) < 4.78 is 1.70. The number of aromatic carboxylic acids is 1. The van der Waals surface area contributed by atoms with E-state index >= 15 is 0 Å². The first-order valence-corrected chi connectivity index (χ1v) is 5.74. The van der Waals surface area contributed by atoms with Crippen molar-refractivity contribution in [1.29, 1.82) is 0 Å². The average molecular weight is 245 g/mol. The van der Waals surface area contributed by atoms with E-state index in [1.807, 2.05) is 6.20 Å². The molecule has 84 valence electrons. The number of imidazole rings is 1. The Bertz CT molecular complexity index is 656. The van der Waals surface area contributed by atoms with Gasteiger partial charge in [0.2, 0.25) is 4.96 Å². The van der Waals surface area contributed by atoms with Crippen molar-refractivity contribution in [2.75, 3.05) is 0 Å². The van der Waals surface area contributed by atoms with Gasteiger partial charge in [-0.25, -0.2) is 14.3 Å². The van der Waals surface area contributed by atoms with Crippen molar-refractivity contribution in [2.45, 2.75) is 0 Å². The summed E-state index contributed by atoms with van der Waals surface area (Å²) in [5.74, 6) is -0.927. The first-order valence-electron chi connectivity index (χ1n) is 4.86. The van der Waals surface area contributed by atoms with Gasteiger partial charge in [-0.1, -0.05) is 23.5 Å². The number of carboxylic acid groups (broad SMARTS) is 1. The van der Waals surface area contributed by atoms with E-state index in [0.717, 1.165) is 16.2 Å². The molecule has 1 N–H and O–H groups in total. The number of hydrogen-bond acceptors (Lipinski definition) is 4. The van der Waals surface area contributed by atoms with Gasteiger partial charge in [0.25, 0.3) is 0 Å². The molecule has 3 rings (SSSR count). The highest BCUT2D eigenvalue weighted by Gasteiger charge is 2.07. The topological polar surface area (TPSA) is 67.5 Å². The van der Waals surface area contributed by atoms with Crippen molar-refractivity contribution in [3.8, 4) is 11.3 Å². The van der Waals surface area contributed by atoms with Crippen LogP contribution in [0.25, 0.3) is 16.2 Å². The van der Waals surface area contributed by atoms with Crippen LogP contribution in [0.15, 0.2) is 36.0 Å². The van der Waals surface area contributed by atoms with Gasteiger partial charge < -0.3 is 5.11 Å². The van der Waals surface area contributed by atoms with Crippen molar-refractivity contribution in [1.82, 2.24) is 14.6 Å². The molecule has 5 nitrogen and oxygen atoms in total.